The van der Waals surface area contributed by atoms with Gasteiger partial charge in [-0.2, -0.15) is 0 Å². The molecule has 0 spiro atoms. The molecule has 0 aliphatic heterocycles. The lowest BCUT2D eigenvalue weighted by molar-refractivity contribution is 0.488. The summed E-state index contributed by atoms with van der Waals surface area (Å²) < 4.78 is 13.4. The average molecular weight is 244 g/mol. The van der Waals surface area contributed by atoms with E-state index in [0.29, 0.717) is 23.0 Å². The van der Waals surface area contributed by atoms with Gasteiger partial charge in [-0.1, -0.05) is 24.6 Å². The summed E-state index contributed by atoms with van der Waals surface area (Å²) in [6, 6.07) is 5.38. The van der Waals surface area contributed by atoms with Gasteiger partial charge in [0.2, 0.25) is 0 Å². The minimum Gasteiger partial charge on any atom is -0.317 e. The Balaban J connectivity index is 2.48. The van der Waals surface area contributed by atoms with Gasteiger partial charge in [0, 0.05) is 16.6 Å². The first-order valence-electron chi connectivity index (χ1n) is 5.79. The monoisotopic (exact) mass is 243 g/mol. The Kier molecular flexibility index (Phi) is 5.78. The van der Waals surface area contributed by atoms with Gasteiger partial charge in [0.05, 0.1) is 0 Å². The van der Waals surface area contributed by atoms with Crippen molar-refractivity contribution < 1.29 is 4.39 Å². The number of rotatable bonds is 6. The van der Waals surface area contributed by atoms with E-state index < -0.39 is 0 Å². The molecule has 1 aromatic rings. The molecule has 0 aliphatic rings. The highest BCUT2D eigenvalue weighted by atomic mass is 35.5. The van der Waals surface area contributed by atoms with Gasteiger partial charge in [0.1, 0.15) is 5.82 Å². The van der Waals surface area contributed by atoms with Crippen LogP contribution in [0.5, 0.6) is 0 Å². The summed E-state index contributed by atoms with van der Waals surface area (Å²) in [7, 11) is 1.96. The number of halogens is 2. The standard InChI is InChI=1S/C13H19ClFN/c1-3-10(16-2)6-4-7-11-12(14)8-5-9-13(11)15/h5,8-10,16H,3-4,6-7H2,1-2H3. The second-order valence-electron chi connectivity index (χ2n) is 3.99. The van der Waals surface area contributed by atoms with E-state index in [0.717, 1.165) is 19.3 Å². The van der Waals surface area contributed by atoms with Crippen LogP contribution in [0.4, 0.5) is 4.39 Å². The van der Waals surface area contributed by atoms with Gasteiger partial charge >= 0.3 is 0 Å². The molecule has 1 N–H and O–H groups in total. The van der Waals surface area contributed by atoms with Crippen LogP contribution in [-0.2, 0) is 6.42 Å². The van der Waals surface area contributed by atoms with E-state index in [2.05, 4.69) is 12.2 Å². The molecule has 0 aromatic heterocycles. The van der Waals surface area contributed by atoms with Crippen LogP contribution in [0.2, 0.25) is 5.02 Å². The molecule has 0 fully saturated rings. The quantitative estimate of drug-likeness (QED) is 0.802. The Morgan fingerprint density at radius 2 is 2.19 bits per heavy atom. The number of nitrogens with one attached hydrogen (secondary N) is 1. The first kappa shape index (κ1) is 13.5. The van der Waals surface area contributed by atoms with E-state index in [1.807, 2.05) is 7.05 Å². The van der Waals surface area contributed by atoms with Crippen molar-refractivity contribution in [3.8, 4) is 0 Å². The molecular formula is C13H19ClFN. The number of hydrogen-bond acceptors (Lipinski definition) is 1. The molecule has 1 nitrogen and oxygen atoms in total. The minimum absolute atomic E-state index is 0.190. The van der Waals surface area contributed by atoms with Gasteiger partial charge in [0.15, 0.2) is 0 Å². The molecule has 0 amide bonds. The van der Waals surface area contributed by atoms with Gasteiger partial charge in [-0.05, 0) is 44.9 Å². The lowest BCUT2D eigenvalue weighted by Gasteiger charge is -2.13. The Hall–Kier alpha value is -0.600. The maximum atomic E-state index is 13.4. The van der Waals surface area contributed by atoms with Gasteiger partial charge in [-0.25, -0.2) is 4.39 Å². The normalized spacial score (nSPS) is 12.8. The van der Waals surface area contributed by atoms with Crippen LogP contribution in [0.15, 0.2) is 18.2 Å². The zero-order valence-electron chi connectivity index (χ0n) is 9.89. The highest BCUT2D eigenvalue weighted by molar-refractivity contribution is 6.31. The van der Waals surface area contributed by atoms with Crippen molar-refractivity contribution in [2.75, 3.05) is 7.05 Å². The third-order valence-electron chi connectivity index (χ3n) is 2.94. The first-order chi connectivity index (χ1) is 7.69. The lowest BCUT2D eigenvalue weighted by atomic mass is 10.0. The molecule has 0 bridgehead atoms. The van der Waals surface area contributed by atoms with Crippen molar-refractivity contribution in [2.24, 2.45) is 0 Å². The van der Waals surface area contributed by atoms with Crippen molar-refractivity contribution in [3.63, 3.8) is 0 Å². The zero-order chi connectivity index (χ0) is 12.0. The summed E-state index contributed by atoms with van der Waals surface area (Å²) >= 11 is 5.96. The van der Waals surface area contributed by atoms with Crippen LogP contribution in [-0.4, -0.2) is 13.1 Å². The molecule has 0 radical (unpaired) electrons. The number of benzene rings is 1. The average Bonchev–Trinajstić information content (AvgIpc) is 2.28. The zero-order valence-corrected chi connectivity index (χ0v) is 10.6. The number of hydrogen-bond donors (Lipinski definition) is 1. The van der Waals surface area contributed by atoms with Crippen LogP contribution >= 0.6 is 11.6 Å². The molecule has 90 valence electrons. The third kappa shape index (κ3) is 3.76. The van der Waals surface area contributed by atoms with Gasteiger partial charge in [0.25, 0.3) is 0 Å². The van der Waals surface area contributed by atoms with Crippen molar-refractivity contribution in [3.05, 3.63) is 34.6 Å². The van der Waals surface area contributed by atoms with Gasteiger partial charge in [-0.3, -0.25) is 0 Å². The van der Waals surface area contributed by atoms with E-state index >= 15 is 0 Å². The van der Waals surface area contributed by atoms with E-state index in [9.17, 15) is 4.39 Å². The Labute approximate surface area is 102 Å². The van der Waals surface area contributed by atoms with Gasteiger partial charge in [-0.15, -0.1) is 0 Å². The molecule has 1 aromatic carbocycles. The Morgan fingerprint density at radius 1 is 1.44 bits per heavy atom. The first-order valence-corrected chi connectivity index (χ1v) is 6.17. The van der Waals surface area contributed by atoms with E-state index in [1.165, 1.54) is 6.07 Å². The predicted molar refractivity (Wildman–Crippen MR) is 67.5 cm³/mol. The topological polar surface area (TPSA) is 12.0 Å². The van der Waals surface area contributed by atoms with E-state index in [-0.39, 0.29) is 5.82 Å². The van der Waals surface area contributed by atoms with Gasteiger partial charge < -0.3 is 5.32 Å². The molecule has 0 saturated carbocycles. The molecule has 1 atom stereocenters. The summed E-state index contributed by atoms with van der Waals surface area (Å²) in [6.45, 7) is 2.15. The summed E-state index contributed by atoms with van der Waals surface area (Å²) in [5.74, 6) is -0.190. The van der Waals surface area contributed by atoms with Crippen molar-refractivity contribution in [1.29, 1.82) is 0 Å². The SMILES string of the molecule is CCC(CCCc1c(F)cccc1Cl)NC. The summed E-state index contributed by atoms with van der Waals surface area (Å²) in [6.07, 6.45) is 3.82. The summed E-state index contributed by atoms with van der Waals surface area (Å²) in [4.78, 5) is 0. The highest BCUT2D eigenvalue weighted by Gasteiger charge is 2.08. The molecule has 0 aliphatic carbocycles. The van der Waals surface area contributed by atoms with Crippen LogP contribution in [0, 0.1) is 5.82 Å². The summed E-state index contributed by atoms with van der Waals surface area (Å²) in [5, 5.41) is 3.78. The van der Waals surface area contributed by atoms with Crippen LogP contribution in [0.25, 0.3) is 0 Å². The van der Waals surface area contributed by atoms with Crippen LogP contribution < -0.4 is 5.32 Å². The van der Waals surface area contributed by atoms with Crippen LogP contribution in [0.3, 0.4) is 0 Å². The molecule has 0 saturated heterocycles. The molecule has 0 heterocycles. The molecule has 1 unspecified atom stereocenters. The lowest BCUT2D eigenvalue weighted by Crippen LogP contribution is -2.24. The fraction of sp³-hybridized carbons (Fsp3) is 0.538. The fourth-order valence-electron chi connectivity index (χ4n) is 1.85. The van der Waals surface area contributed by atoms with E-state index in [4.69, 9.17) is 11.6 Å². The predicted octanol–water partition coefficient (Wildman–Crippen LogP) is 3.80. The maximum Gasteiger partial charge on any atom is 0.127 e. The van der Waals surface area contributed by atoms with Crippen molar-refractivity contribution in [2.45, 2.75) is 38.6 Å². The summed E-state index contributed by atoms with van der Waals surface area (Å²) in [5.41, 5.74) is 0.648. The highest BCUT2D eigenvalue weighted by Crippen LogP contribution is 2.21. The largest absolute Gasteiger partial charge is 0.317 e. The maximum absolute atomic E-state index is 13.4. The second kappa shape index (κ2) is 6.87. The molecule has 1 rings (SSSR count). The Morgan fingerprint density at radius 3 is 2.75 bits per heavy atom. The second-order valence-corrected chi connectivity index (χ2v) is 4.39. The molecule has 3 heteroatoms. The van der Waals surface area contributed by atoms with Crippen molar-refractivity contribution in [1.82, 2.24) is 5.32 Å². The fourth-order valence-corrected chi connectivity index (χ4v) is 2.11. The Bertz CT molecular complexity index is 303. The minimum atomic E-state index is -0.190. The third-order valence-corrected chi connectivity index (χ3v) is 3.30. The van der Waals surface area contributed by atoms with E-state index in [1.54, 1.807) is 12.1 Å². The smallest absolute Gasteiger partial charge is 0.127 e. The molecular weight excluding hydrogens is 225 g/mol. The van der Waals surface area contributed by atoms with Crippen molar-refractivity contribution >= 4 is 11.6 Å². The molecule has 16 heavy (non-hydrogen) atoms. The van der Waals surface area contributed by atoms with Crippen LogP contribution in [0.1, 0.15) is 31.7 Å².